The average Bonchev–Trinajstić information content (AvgIpc) is 2.52. The lowest BCUT2D eigenvalue weighted by Gasteiger charge is -2.25. The molecule has 20 heavy (non-hydrogen) atoms. The number of anilines is 1. The highest BCUT2D eigenvalue weighted by molar-refractivity contribution is 5.58. The zero-order valence-corrected chi connectivity index (χ0v) is 13.3. The monoisotopic (exact) mass is 278 g/mol. The van der Waals surface area contributed by atoms with Gasteiger partial charge in [-0.1, -0.05) is 40.3 Å². The van der Waals surface area contributed by atoms with Crippen molar-refractivity contribution in [1.29, 1.82) is 0 Å². The Balaban J connectivity index is 0.000000829. The molecular weight excluding hydrogens is 251 g/mol. The molecule has 2 rings (SSSR count). The summed E-state index contributed by atoms with van der Waals surface area (Å²) in [5.74, 6) is -0.255. The van der Waals surface area contributed by atoms with Crippen LogP contribution in [0.2, 0.25) is 0 Å². The lowest BCUT2D eigenvalue weighted by molar-refractivity contribution is 0.630. The Hall–Kier alpha value is -1.61. The Morgan fingerprint density at radius 3 is 2.30 bits per heavy atom. The third-order valence-corrected chi connectivity index (χ3v) is 2.93. The summed E-state index contributed by atoms with van der Waals surface area (Å²) in [6.07, 6.45) is 0.804. The Morgan fingerprint density at radius 1 is 1.25 bits per heavy atom. The fraction of sp³-hybridized carbons (Fsp3) is 0.412. The summed E-state index contributed by atoms with van der Waals surface area (Å²) in [6, 6.07) is 4.88. The van der Waals surface area contributed by atoms with Gasteiger partial charge in [0.1, 0.15) is 5.82 Å². The molecule has 1 aliphatic carbocycles. The topological polar surface area (TPSA) is 38.0 Å². The molecule has 0 saturated carbocycles. The van der Waals surface area contributed by atoms with Crippen LogP contribution >= 0.6 is 0 Å². The van der Waals surface area contributed by atoms with Crippen LogP contribution in [0.15, 0.2) is 41.6 Å². The molecule has 2 nitrogen and oxygen atoms in total. The van der Waals surface area contributed by atoms with E-state index in [9.17, 15) is 4.39 Å². The number of nitrogens with two attached hydrogens (primary N) is 1. The van der Waals surface area contributed by atoms with E-state index >= 15 is 0 Å². The van der Waals surface area contributed by atoms with Gasteiger partial charge in [0.2, 0.25) is 0 Å². The standard InChI is InChI=1S/C13H15FN2.2C2H6/c1-8-5-12(9(8)2)16-13-6-10(7-15)3-4-11(13)14;2*1-2/h3-4,6,16H,1,5,7,15H2,2H3;2*1-2H3. The van der Waals surface area contributed by atoms with Crippen LogP contribution in [0.3, 0.4) is 0 Å². The minimum Gasteiger partial charge on any atom is -0.356 e. The Kier molecular flexibility index (Phi) is 8.57. The quantitative estimate of drug-likeness (QED) is 0.818. The van der Waals surface area contributed by atoms with Crippen molar-refractivity contribution in [2.75, 3.05) is 5.32 Å². The number of rotatable bonds is 3. The second-order valence-electron chi connectivity index (χ2n) is 4.03. The summed E-state index contributed by atoms with van der Waals surface area (Å²) in [6.45, 7) is 14.3. The van der Waals surface area contributed by atoms with Crippen LogP contribution in [-0.4, -0.2) is 0 Å². The first-order chi connectivity index (χ1) is 9.61. The highest BCUT2D eigenvalue weighted by Crippen LogP contribution is 2.33. The molecule has 0 saturated heterocycles. The van der Waals surface area contributed by atoms with Gasteiger partial charge in [-0.2, -0.15) is 0 Å². The normalized spacial score (nSPS) is 12.7. The third kappa shape index (κ3) is 4.49. The lowest BCUT2D eigenvalue weighted by atomic mass is 9.90. The number of benzene rings is 1. The van der Waals surface area contributed by atoms with Gasteiger partial charge in [0.25, 0.3) is 0 Å². The van der Waals surface area contributed by atoms with Crippen molar-refractivity contribution in [2.45, 2.75) is 47.6 Å². The van der Waals surface area contributed by atoms with Crippen molar-refractivity contribution in [3.8, 4) is 0 Å². The molecule has 0 fully saturated rings. The van der Waals surface area contributed by atoms with Gasteiger partial charge < -0.3 is 11.1 Å². The van der Waals surface area contributed by atoms with E-state index < -0.39 is 0 Å². The summed E-state index contributed by atoms with van der Waals surface area (Å²) in [5, 5.41) is 3.09. The molecule has 0 heterocycles. The summed E-state index contributed by atoms with van der Waals surface area (Å²) >= 11 is 0. The molecule has 0 amide bonds. The Labute approximate surface area is 122 Å². The van der Waals surface area contributed by atoms with Crippen LogP contribution in [-0.2, 0) is 6.54 Å². The molecule has 0 aliphatic heterocycles. The van der Waals surface area contributed by atoms with Crippen LogP contribution < -0.4 is 11.1 Å². The van der Waals surface area contributed by atoms with Crippen LogP contribution in [0.4, 0.5) is 10.1 Å². The molecule has 0 radical (unpaired) electrons. The molecule has 0 aromatic heterocycles. The highest BCUT2D eigenvalue weighted by atomic mass is 19.1. The zero-order valence-electron chi connectivity index (χ0n) is 13.3. The van der Waals surface area contributed by atoms with Gasteiger partial charge in [0.15, 0.2) is 0 Å². The fourth-order valence-corrected chi connectivity index (χ4v) is 1.68. The molecule has 3 heteroatoms. The number of nitrogens with one attached hydrogen (secondary N) is 1. The molecule has 3 N–H and O–H groups in total. The van der Waals surface area contributed by atoms with E-state index in [1.54, 1.807) is 12.1 Å². The van der Waals surface area contributed by atoms with Crippen molar-refractivity contribution >= 4 is 5.69 Å². The van der Waals surface area contributed by atoms with Gasteiger partial charge in [-0.05, 0) is 35.8 Å². The highest BCUT2D eigenvalue weighted by Gasteiger charge is 2.18. The van der Waals surface area contributed by atoms with Crippen LogP contribution in [0.5, 0.6) is 0 Å². The predicted molar refractivity (Wildman–Crippen MR) is 87.1 cm³/mol. The van der Waals surface area contributed by atoms with Crippen LogP contribution in [0.25, 0.3) is 0 Å². The van der Waals surface area contributed by atoms with Gasteiger partial charge in [-0.15, -0.1) is 0 Å². The number of hydrogen-bond acceptors (Lipinski definition) is 2. The van der Waals surface area contributed by atoms with Crippen molar-refractivity contribution < 1.29 is 4.39 Å². The zero-order chi connectivity index (χ0) is 15.7. The number of allylic oxidation sites excluding steroid dienone is 2. The molecule has 0 spiro atoms. The summed E-state index contributed by atoms with van der Waals surface area (Å²) in [7, 11) is 0. The minimum absolute atomic E-state index is 0.255. The van der Waals surface area contributed by atoms with E-state index in [0.29, 0.717) is 12.2 Å². The second-order valence-corrected chi connectivity index (χ2v) is 4.03. The maximum absolute atomic E-state index is 13.5. The molecule has 0 atom stereocenters. The first kappa shape index (κ1) is 18.4. The SMILES string of the molecule is C=C1CC(Nc2cc(CN)ccc2F)=C1C.CC.CC. The molecule has 1 aromatic carbocycles. The average molecular weight is 278 g/mol. The van der Waals surface area contributed by atoms with Crippen molar-refractivity contribution in [1.82, 2.24) is 0 Å². The van der Waals surface area contributed by atoms with E-state index in [0.717, 1.165) is 28.8 Å². The first-order valence-corrected chi connectivity index (χ1v) is 7.25. The second kappa shape index (κ2) is 9.32. The summed E-state index contributed by atoms with van der Waals surface area (Å²) < 4.78 is 13.5. The van der Waals surface area contributed by atoms with Crippen LogP contribution in [0, 0.1) is 5.82 Å². The molecule has 112 valence electrons. The lowest BCUT2D eigenvalue weighted by Crippen LogP contribution is -2.14. The van der Waals surface area contributed by atoms with E-state index in [4.69, 9.17) is 5.73 Å². The summed E-state index contributed by atoms with van der Waals surface area (Å²) in [5.41, 5.74) is 10.2. The van der Waals surface area contributed by atoms with Gasteiger partial charge in [0, 0.05) is 18.7 Å². The minimum atomic E-state index is -0.255. The Bertz CT molecular complexity index is 476. The maximum atomic E-state index is 13.5. The molecular formula is C17H27FN2. The molecule has 1 aromatic rings. The fourth-order valence-electron chi connectivity index (χ4n) is 1.68. The number of hydrogen-bond donors (Lipinski definition) is 2. The van der Waals surface area contributed by atoms with E-state index in [1.165, 1.54) is 6.07 Å². The third-order valence-electron chi connectivity index (χ3n) is 2.93. The van der Waals surface area contributed by atoms with Crippen molar-refractivity contribution in [3.05, 3.63) is 53.0 Å². The molecule has 1 aliphatic rings. The molecule has 0 unspecified atom stereocenters. The van der Waals surface area contributed by atoms with E-state index in [2.05, 4.69) is 11.9 Å². The van der Waals surface area contributed by atoms with Crippen molar-refractivity contribution in [2.24, 2.45) is 5.73 Å². The summed E-state index contributed by atoms with van der Waals surface area (Å²) in [4.78, 5) is 0. The first-order valence-electron chi connectivity index (χ1n) is 7.25. The smallest absolute Gasteiger partial charge is 0.146 e. The van der Waals surface area contributed by atoms with Gasteiger partial charge >= 0.3 is 0 Å². The largest absolute Gasteiger partial charge is 0.356 e. The predicted octanol–water partition coefficient (Wildman–Crippen LogP) is 4.98. The number of halogens is 1. The van der Waals surface area contributed by atoms with E-state index in [1.807, 2.05) is 34.6 Å². The van der Waals surface area contributed by atoms with Crippen molar-refractivity contribution in [3.63, 3.8) is 0 Å². The van der Waals surface area contributed by atoms with Crippen LogP contribution in [0.1, 0.15) is 46.6 Å². The van der Waals surface area contributed by atoms with E-state index in [-0.39, 0.29) is 5.82 Å². The van der Waals surface area contributed by atoms with Gasteiger partial charge in [0.05, 0.1) is 5.69 Å². The Morgan fingerprint density at radius 2 is 1.85 bits per heavy atom. The van der Waals surface area contributed by atoms with Gasteiger partial charge in [-0.25, -0.2) is 4.39 Å². The van der Waals surface area contributed by atoms with Gasteiger partial charge in [-0.3, -0.25) is 0 Å². The molecule has 0 bridgehead atoms. The maximum Gasteiger partial charge on any atom is 0.146 e.